The van der Waals surface area contributed by atoms with E-state index in [9.17, 15) is 15.3 Å². The molecule has 32 heavy (non-hydrogen) atoms. The van der Waals surface area contributed by atoms with E-state index in [1.807, 2.05) is 0 Å². The molecule has 4 fully saturated rings. The molecule has 0 amide bonds. The molecule has 186 valence electrons. The first-order chi connectivity index (χ1) is 15.0. The van der Waals surface area contributed by atoms with Gasteiger partial charge in [-0.05, 0) is 98.2 Å². The van der Waals surface area contributed by atoms with Crippen LogP contribution in [0.3, 0.4) is 0 Å². The highest BCUT2D eigenvalue weighted by molar-refractivity contribution is 5.17. The van der Waals surface area contributed by atoms with Crippen LogP contribution >= 0.6 is 0 Å². The molecular weight excluding hydrogens is 396 g/mol. The smallest absolute Gasteiger partial charge is 0.0985 e. The van der Waals surface area contributed by atoms with Crippen LogP contribution in [0.15, 0.2) is 0 Å². The number of aliphatic hydroxyl groups excluding tert-OH is 2. The lowest BCUT2D eigenvalue weighted by molar-refractivity contribution is -0.264. The van der Waals surface area contributed by atoms with Crippen molar-refractivity contribution in [2.75, 3.05) is 0 Å². The quantitative estimate of drug-likeness (QED) is 0.454. The van der Waals surface area contributed by atoms with E-state index in [-0.39, 0.29) is 5.41 Å². The molecule has 0 heterocycles. The number of rotatable bonds is 6. The lowest BCUT2D eigenvalue weighted by Crippen LogP contribution is -2.68. The number of hydrogen-bond donors (Lipinski definition) is 3. The molecular formula is C29H52O3. The summed E-state index contributed by atoms with van der Waals surface area (Å²) in [6.45, 7) is 14.5. The minimum absolute atomic E-state index is 0.259. The van der Waals surface area contributed by atoms with Crippen LogP contribution in [0.2, 0.25) is 0 Å². The average Bonchev–Trinajstić information content (AvgIpc) is 3.08. The van der Waals surface area contributed by atoms with Gasteiger partial charge < -0.3 is 15.3 Å². The lowest BCUT2D eigenvalue weighted by atomic mass is 9.42. The Kier molecular flexibility index (Phi) is 6.89. The number of fused-ring (bicyclic) bond motifs is 5. The van der Waals surface area contributed by atoms with E-state index < -0.39 is 17.8 Å². The van der Waals surface area contributed by atoms with Crippen LogP contribution in [0.4, 0.5) is 0 Å². The summed E-state index contributed by atoms with van der Waals surface area (Å²) in [4.78, 5) is 0. The van der Waals surface area contributed by atoms with Crippen LogP contribution in [0, 0.1) is 52.3 Å². The van der Waals surface area contributed by atoms with E-state index in [0.29, 0.717) is 29.6 Å². The first kappa shape index (κ1) is 25.0. The average molecular weight is 449 g/mol. The Balaban J connectivity index is 1.51. The molecule has 4 aliphatic carbocycles. The third kappa shape index (κ3) is 3.72. The zero-order valence-corrected chi connectivity index (χ0v) is 21.8. The maximum absolute atomic E-state index is 11.7. The van der Waals surface area contributed by atoms with Gasteiger partial charge >= 0.3 is 0 Å². The molecule has 4 rings (SSSR count). The predicted molar refractivity (Wildman–Crippen MR) is 131 cm³/mol. The van der Waals surface area contributed by atoms with E-state index in [2.05, 4.69) is 41.5 Å². The molecule has 0 aromatic heterocycles. The zero-order chi connectivity index (χ0) is 23.5. The summed E-state index contributed by atoms with van der Waals surface area (Å²) in [5.41, 5.74) is -0.984. The second-order valence-electron chi connectivity index (χ2n) is 13.6. The molecule has 0 bridgehead atoms. The highest BCUT2D eigenvalue weighted by atomic mass is 16.3. The maximum Gasteiger partial charge on any atom is 0.0985 e. The molecule has 11 atom stereocenters. The Morgan fingerprint density at radius 3 is 2.28 bits per heavy atom. The van der Waals surface area contributed by atoms with Crippen LogP contribution in [0.1, 0.15) is 112 Å². The number of hydrogen-bond acceptors (Lipinski definition) is 3. The van der Waals surface area contributed by atoms with Crippen molar-refractivity contribution in [1.29, 1.82) is 0 Å². The van der Waals surface area contributed by atoms with Gasteiger partial charge in [-0.3, -0.25) is 0 Å². The topological polar surface area (TPSA) is 60.7 Å². The maximum atomic E-state index is 11.7. The summed E-state index contributed by atoms with van der Waals surface area (Å²) < 4.78 is 0. The van der Waals surface area contributed by atoms with Gasteiger partial charge in [-0.15, -0.1) is 0 Å². The van der Waals surface area contributed by atoms with Crippen molar-refractivity contribution >= 4 is 0 Å². The van der Waals surface area contributed by atoms with Gasteiger partial charge in [0.1, 0.15) is 0 Å². The van der Waals surface area contributed by atoms with E-state index in [1.165, 1.54) is 44.9 Å². The molecule has 0 aromatic rings. The number of aliphatic hydroxyl groups is 3. The molecule has 4 aliphatic rings. The molecule has 3 heteroatoms. The summed E-state index contributed by atoms with van der Waals surface area (Å²) in [6.07, 6.45) is 10.7. The van der Waals surface area contributed by atoms with Gasteiger partial charge in [0.2, 0.25) is 0 Å². The fraction of sp³-hybridized carbons (Fsp3) is 1.00. The molecule has 0 radical (unpaired) electrons. The third-order valence-electron chi connectivity index (χ3n) is 12.1. The fourth-order valence-corrected chi connectivity index (χ4v) is 9.92. The van der Waals surface area contributed by atoms with Gasteiger partial charge in [0.25, 0.3) is 0 Å². The van der Waals surface area contributed by atoms with Gasteiger partial charge in [-0.25, -0.2) is 0 Å². The van der Waals surface area contributed by atoms with Gasteiger partial charge in [0.15, 0.2) is 0 Å². The van der Waals surface area contributed by atoms with Crippen molar-refractivity contribution in [2.24, 2.45) is 52.3 Å². The van der Waals surface area contributed by atoms with Crippen molar-refractivity contribution in [3.05, 3.63) is 0 Å². The normalized spacial score (nSPS) is 50.4. The van der Waals surface area contributed by atoms with Gasteiger partial charge in [-0.2, -0.15) is 0 Å². The zero-order valence-electron chi connectivity index (χ0n) is 21.8. The minimum Gasteiger partial charge on any atom is -0.393 e. The molecule has 0 saturated heterocycles. The van der Waals surface area contributed by atoms with Crippen LogP contribution in [-0.2, 0) is 0 Å². The van der Waals surface area contributed by atoms with Crippen LogP contribution < -0.4 is 0 Å². The monoisotopic (exact) mass is 448 g/mol. The molecule has 0 unspecified atom stereocenters. The predicted octanol–water partition coefficient (Wildman–Crippen LogP) is 6.19. The lowest BCUT2D eigenvalue weighted by Gasteiger charge is -2.65. The van der Waals surface area contributed by atoms with Crippen molar-refractivity contribution in [1.82, 2.24) is 0 Å². The highest BCUT2D eigenvalue weighted by Gasteiger charge is 2.67. The first-order valence-electron chi connectivity index (χ1n) is 14.1. The van der Waals surface area contributed by atoms with E-state index in [1.54, 1.807) is 0 Å². The summed E-state index contributed by atoms with van der Waals surface area (Å²) in [6, 6.07) is 0. The van der Waals surface area contributed by atoms with Gasteiger partial charge in [-0.1, -0.05) is 54.4 Å². The van der Waals surface area contributed by atoms with Crippen molar-refractivity contribution in [3.63, 3.8) is 0 Å². The van der Waals surface area contributed by atoms with Crippen molar-refractivity contribution < 1.29 is 15.3 Å². The Morgan fingerprint density at radius 2 is 1.62 bits per heavy atom. The van der Waals surface area contributed by atoms with Crippen LogP contribution in [0.5, 0.6) is 0 Å². The SMILES string of the molecule is CC[C@@H](CC[C@@H](C)[C@H]1CC[C@H]2[C@@H]3C[C@H](O)[C@@]4(O)C[C@@H](O)CC[C@]4(C)[C@H]3CC[C@]12C)C(C)C. The standard InChI is InChI=1S/C29H52O3/c1-7-20(18(2)3)9-8-19(4)23-10-11-24-22-16-26(31)29(32)17-21(30)12-15-28(29,6)25(22)13-14-27(23,24)5/h18-26,30-32H,7-17H2,1-6H3/t19-,20+,21+,22+,23-,24+,25+,26+,27-,28-,29+/m1/s1. The van der Waals surface area contributed by atoms with Crippen LogP contribution in [0.25, 0.3) is 0 Å². The molecule has 0 aliphatic heterocycles. The first-order valence-corrected chi connectivity index (χ1v) is 14.1. The summed E-state index contributed by atoms with van der Waals surface area (Å²) in [5, 5.41) is 33.2. The van der Waals surface area contributed by atoms with Crippen molar-refractivity contribution in [3.8, 4) is 0 Å². The summed E-state index contributed by atoms with van der Waals surface area (Å²) in [7, 11) is 0. The van der Waals surface area contributed by atoms with Gasteiger partial charge in [0.05, 0.1) is 17.8 Å². The molecule has 3 N–H and O–H groups in total. The molecule has 3 nitrogen and oxygen atoms in total. The Hall–Kier alpha value is -0.120. The molecule has 0 aromatic carbocycles. The second-order valence-corrected chi connectivity index (χ2v) is 13.6. The van der Waals surface area contributed by atoms with E-state index in [0.717, 1.165) is 42.9 Å². The Labute approximate surface area is 197 Å². The largest absolute Gasteiger partial charge is 0.393 e. The molecule has 0 spiro atoms. The highest BCUT2D eigenvalue weighted by Crippen LogP contribution is 2.69. The van der Waals surface area contributed by atoms with Crippen molar-refractivity contribution in [2.45, 2.75) is 130 Å². The minimum atomic E-state index is -1.11. The third-order valence-corrected chi connectivity index (χ3v) is 12.1. The van der Waals surface area contributed by atoms with Crippen LogP contribution in [-0.4, -0.2) is 33.1 Å². The fourth-order valence-electron chi connectivity index (χ4n) is 9.92. The molecule has 4 saturated carbocycles. The van der Waals surface area contributed by atoms with E-state index >= 15 is 0 Å². The Bertz CT molecular complexity index is 663. The van der Waals surface area contributed by atoms with E-state index in [4.69, 9.17) is 0 Å². The summed E-state index contributed by atoms with van der Waals surface area (Å²) >= 11 is 0. The van der Waals surface area contributed by atoms with Gasteiger partial charge in [0, 0.05) is 11.8 Å². The Morgan fingerprint density at radius 1 is 0.906 bits per heavy atom. The summed E-state index contributed by atoms with van der Waals surface area (Å²) in [5.74, 6) is 4.92. The second kappa shape index (κ2) is 8.83.